The van der Waals surface area contributed by atoms with E-state index in [0.29, 0.717) is 11.1 Å². The van der Waals surface area contributed by atoms with E-state index in [1.54, 1.807) is 12.1 Å². The quantitative estimate of drug-likeness (QED) is 0.510. The van der Waals surface area contributed by atoms with Crippen molar-refractivity contribution in [1.29, 1.82) is 0 Å². The molecule has 1 atom stereocenters. The molecule has 0 fully saturated rings. The minimum atomic E-state index is -0.911. The zero-order chi connectivity index (χ0) is 20.4. The van der Waals surface area contributed by atoms with Gasteiger partial charge in [0.25, 0.3) is 5.91 Å². The van der Waals surface area contributed by atoms with E-state index >= 15 is 0 Å². The number of hydrogen-bond donors (Lipinski definition) is 2. The standard InChI is InChI=1S/C24H19FN2O2/c25-18-11-9-15(10-12-18)13-21(23(26)28)27-24(29)22-19-7-3-1-5-16(19)14-17-6-2-4-8-20(17)22/h1-12,14,21H,13H2,(H2,26,28)(H,27,29)/t21-/m1/s1. The topological polar surface area (TPSA) is 72.2 Å². The Balaban J connectivity index is 1.73. The van der Waals surface area contributed by atoms with Crippen molar-refractivity contribution in [3.63, 3.8) is 0 Å². The van der Waals surface area contributed by atoms with Crippen LogP contribution < -0.4 is 11.1 Å². The van der Waals surface area contributed by atoms with Gasteiger partial charge in [-0.25, -0.2) is 4.39 Å². The smallest absolute Gasteiger partial charge is 0.253 e. The Morgan fingerprint density at radius 1 is 0.862 bits per heavy atom. The molecule has 0 aromatic heterocycles. The van der Waals surface area contributed by atoms with Crippen molar-refractivity contribution >= 4 is 33.4 Å². The van der Waals surface area contributed by atoms with E-state index in [-0.39, 0.29) is 18.1 Å². The van der Waals surface area contributed by atoms with Gasteiger partial charge in [-0.15, -0.1) is 0 Å². The fourth-order valence-electron chi connectivity index (χ4n) is 3.57. The molecule has 0 spiro atoms. The zero-order valence-electron chi connectivity index (χ0n) is 15.6. The lowest BCUT2D eigenvalue weighted by Gasteiger charge is -2.18. The molecule has 0 radical (unpaired) electrons. The predicted octanol–water partition coefficient (Wildman–Crippen LogP) is 3.96. The molecule has 2 amide bonds. The van der Waals surface area contributed by atoms with E-state index in [1.165, 1.54) is 12.1 Å². The minimum absolute atomic E-state index is 0.185. The van der Waals surface area contributed by atoms with Crippen molar-refractivity contribution in [2.75, 3.05) is 0 Å². The number of rotatable bonds is 5. The van der Waals surface area contributed by atoms with Crippen LogP contribution in [0.1, 0.15) is 15.9 Å². The number of amides is 2. The van der Waals surface area contributed by atoms with Gasteiger partial charge < -0.3 is 11.1 Å². The Labute approximate surface area is 167 Å². The Kier molecular flexibility index (Phi) is 4.96. The monoisotopic (exact) mass is 386 g/mol. The summed E-state index contributed by atoms with van der Waals surface area (Å²) >= 11 is 0. The van der Waals surface area contributed by atoms with Gasteiger partial charge in [0.05, 0.1) is 5.56 Å². The molecule has 4 aromatic carbocycles. The van der Waals surface area contributed by atoms with Gasteiger partial charge in [-0.05, 0) is 45.3 Å². The van der Waals surface area contributed by atoms with Gasteiger partial charge in [0.15, 0.2) is 0 Å². The number of hydrogen-bond acceptors (Lipinski definition) is 2. The first kappa shape index (κ1) is 18.6. The van der Waals surface area contributed by atoms with E-state index in [1.807, 2.05) is 54.6 Å². The summed E-state index contributed by atoms with van der Waals surface area (Å²) in [5, 5.41) is 6.24. The minimum Gasteiger partial charge on any atom is -0.368 e. The summed E-state index contributed by atoms with van der Waals surface area (Å²) in [4.78, 5) is 25.3. The molecule has 0 aliphatic heterocycles. The number of halogens is 1. The highest BCUT2D eigenvalue weighted by molar-refractivity contribution is 6.18. The number of fused-ring (bicyclic) bond motifs is 2. The van der Waals surface area contributed by atoms with Crippen LogP contribution in [0.3, 0.4) is 0 Å². The Morgan fingerprint density at radius 3 is 1.97 bits per heavy atom. The maximum absolute atomic E-state index is 13.3. The van der Waals surface area contributed by atoms with Gasteiger partial charge in [-0.1, -0.05) is 60.7 Å². The molecule has 3 N–H and O–H groups in total. The number of carbonyl (C=O) groups excluding carboxylic acids is 2. The number of benzene rings is 4. The van der Waals surface area contributed by atoms with Crippen LogP contribution in [0, 0.1) is 5.82 Å². The van der Waals surface area contributed by atoms with Gasteiger partial charge in [-0.3, -0.25) is 9.59 Å². The van der Waals surface area contributed by atoms with Crippen LogP contribution in [0.4, 0.5) is 4.39 Å². The molecule has 0 saturated carbocycles. The molecular formula is C24H19FN2O2. The molecule has 4 aromatic rings. The first-order valence-corrected chi connectivity index (χ1v) is 9.28. The van der Waals surface area contributed by atoms with E-state index in [2.05, 4.69) is 5.32 Å². The highest BCUT2D eigenvalue weighted by atomic mass is 19.1. The molecule has 29 heavy (non-hydrogen) atoms. The second kappa shape index (κ2) is 7.72. The third-order valence-corrected chi connectivity index (χ3v) is 5.00. The molecule has 144 valence electrons. The number of primary amides is 1. The number of nitrogens with two attached hydrogens (primary N) is 1. The van der Waals surface area contributed by atoms with Gasteiger partial charge in [0.2, 0.25) is 5.91 Å². The number of carbonyl (C=O) groups is 2. The molecular weight excluding hydrogens is 367 g/mol. The van der Waals surface area contributed by atoms with Crippen molar-refractivity contribution in [2.24, 2.45) is 5.73 Å². The van der Waals surface area contributed by atoms with Crippen LogP contribution in [0.15, 0.2) is 78.9 Å². The summed E-state index contributed by atoms with van der Waals surface area (Å²) in [6.07, 6.45) is 0.185. The molecule has 0 aliphatic carbocycles. The van der Waals surface area contributed by atoms with Gasteiger partial charge in [0.1, 0.15) is 11.9 Å². The van der Waals surface area contributed by atoms with E-state index < -0.39 is 11.9 Å². The Hall–Kier alpha value is -3.73. The molecule has 4 nitrogen and oxygen atoms in total. The fourth-order valence-corrected chi connectivity index (χ4v) is 3.57. The Morgan fingerprint density at radius 2 is 1.41 bits per heavy atom. The summed E-state index contributed by atoms with van der Waals surface area (Å²) in [5.74, 6) is -1.38. The lowest BCUT2D eigenvalue weighted by Crippen LogP contribution is -2.46. The second-order valence-electron chi connectivity index (χ2n) is 6.95. The second-order valence-corrected chi connectivity index (χ2v) is 6.95. The van der Waals surface area contributed by atoms with Crippen molar-refractivity contribution in [1.82, 2.24) is 5.32 Å². The largest absolute Gasteiger partial charge is 0.368 e. The first-order valence-electron chi connectivity index (χ1n) is 9.28. The lowest BCUT2D eigenvalue weighted by atomic mass is 9.95. The van der Waals surface area contributed by atoms with Crippen LogP contribution in [-0.2, 0) is 11.2 Å². The normalized spacial score (nSPS) is 12.0. The van der Waals surface area contributed by atoms with Crippen LogP contribution in [0.2, 0.25) is 0 Å². The molecule has 0 saturated heterocycles. The van der Waals surface area contributed by atoms with Crippen molar-refractivity contribution < 1.29 is 14.0 Å². The third-order valence-electron chi connectivity index (χ3n) is 5.00. The van der Waals surface area contributed by atoms with E-state index in [0.717, 1.165) is 21.5 Å². The molecule has 0 bridgehead atoms. The first-order chi connectivity index (χ1) is 14.0. The third kappa shape index (κ3) is 3.80. The molecule has 0 aliphatic rings. The van der Waals surface area contributed by atoms with E-state index in [4.69, 9.17) is 5.73 Å². The summed E-state index contributed by atoms with van der Waals surface area (Å²) in [6, 6.07) is 22.1. The van der Waals surface area contributed by atoms with Crippen LogP contribution >= 0.6 is 0 Å². The van der Waals surface area contributed by atoms with E-state index in [9.17, 15) is 14.0 Å². The Bertz CT molecular complexity index is 1160. The van der Waals surface area contributed by atoms with Crippen LogP contribution in [-0.4, -0.2) is 17.9 Å². The van der Waals surface area contributed by atoms with Crippen molar-refractivity contribution in [3.8, 4) is 0 Å². The SMILES string of the molecule is NC(=O)[C@@H](Cc1ccc(F)cc1)NC(=O)c1c2ccccc2cc2ccccc12. The van der Waals surface area contributed by atoms with Crippen molar-refractivity contribution in [3.05, 3.63) is 95.8 Å². The fraction of sp³-hybridized carbons (Fsp3) is 0.0833. The predicted molar refractivity (Wildman–Crippen MR) is 112 cm³/mol. The van der Waals surface area contributed by atoms with Crippen LogP contribution in [0.5, 0.6) is 0 Å². The van der Waals surface area contributed by atoms with Gasteiger partial charge >= 0.3 is 0 Å². The summed E-state index contributed by atoms with van der Waals surface area (Å²) in [7, 11) is 0. The van der Waals surface area contributed by atoms with Crippen LogP contribution in [0.25, 0.3) is 21.5 Å². The average molecular weight is 386 g/mol. The maximum atomic E-state index is 13.3. The highest BCUT2D eigenvalue weighted by Gasteiger charge is 2.22. The lowest BCUT2D eigenvalue weighted by molar-refractivity contribution is -0.119. The molecule has 4 rings (SSSR count). The molecule has 0 unspecified atom stereocenters. The maximum Gasteiger partial charge on any atom is 0.253 e. The summed E-state index contributed by atoms with van der Waals surface area (Å²) < 4.78 is 13.1. The highest BCUT2D eigenvalue weighted by Crippen LogP contribution is 2.28. The van der Waals surface area contributed by atoms with Crippen molar-refractivity contribution in [2.45, 2.75) is 12.5 Å². The average Bonchev–Trinajstić information content (AvgIpc) is 2.72. The molecule has 0 heterocycles. The summed E-state index contributed by atoms with van der Waals surface area (Å²) in [6.45, 7) is 0. The van der Waals surface area contributed by atoms with Gasteiger partial charge in [-0.2, -0.15) is 0 Å². The zero-order valence-corrected chi connectivity index (χ0v) is 15.6. The molecule has 5 heteroatoms. The van der Waals surface area contributed by atoms with Gasteiger partial charge in [0, 0.05) is 6.42 Å². The number of nitrogens with one attached hydrogen (secondary N) is 1. The summed E-state index contributed by atoms with van der Waals surface area (Å²) in [5.41, 5.74) is 6.75.